The Morgan fingerprint density at radius 1 is 1.17 bits per heavy atom. The molecule has 0 bridgehead atoms. The first kappa shape index (κ1) is 11.4. The molecule has 0 aliphatic rings. The smallest absolute Gasteiger partial charge is 0.182 e. The van der Waals surface area contributed by atoms with Gasteiger partial charge in [0.1, 0.15) is 0 Å². The molecule has 3 nitrogen and oxygen atoms in total. The van der Waals surface area contributed by atoms with Gasteiger partial charge < -0.3 is 0 Å². The van der Waals surface area contributed by atoms with Crippen LogP contribution in [0, 0.1) is 13.8 Å². The molecule has 18 heavy (non-hydrogen) atoms. The highest BCUT2D eigenvalue weighted by atomic mass is 79.9. The predicted octanol–water partition coefficient (Wildman–Crippen LogP) is 3.78. The number of benzene rings is 1. The molecular weight excluding hydrogens is 290 g/mol. The Bertz CT molecular complexity index is 731. The van der Waals surface area contributed by atoms with E-state index >= 15 is 0 Å². The molecule has 0 atom stereocenters. The molecule has 2 aromatic heterocycles. The summed E-state index contributed by atoms with van der Waals surface area (Å²) in [5, 5.41) is 4.52. The van der Waals surface area contributed by atoms with Gasteiger partial charge in [0.2, 0.25) is 0 Å². The van der Waals surface area contributed by atoms with E-state index in [1.54, 1.807) is 0 Å². The second kappa shape index (κ2) is 4.21. The zero-order chi connectivity index (χ0) is 12.7. The summed E-state index contributed by atoms with van der Waals surface area (Å²) in [7, 11) is 0. The maximum Gasteiger partial charge on any atom is 0.182 e. The van der Waals surface area contributed by atoms with Gasteiger partial charge in [-0.2, -0.15) is 0 Å². The topological polar surface area (TPSA) is 30.2 Å². The molecule has 0 saturated heterocycles. The molecule has 0 amide bonds. The van der Waals surface area contributed by atoms with Crippen molar-refractivity contribution >= 4 is 21.6 Å². The number of aryl methyl sites for hydroxylation is 2. The SMILES string of the molecule is Cc1cccc(-c2nc3c(C)cc(Br)cn3n2)c1. The third kappa shape index (κ3) is 1.93. The zero-order valence-corrected chi connectivity index (χ0v) is 11.8. The van der Waals surface area contributed by atoms with Gasteiger partial charge in [0.15, 0.2) is 11.5 Å². The number of halogens is 1. The minimum Gasteiger partial charge on any atom is -0.219 e. The number of hydrogen-bond acceptors (Lipinski definition) is 2. The van der Waals surface area contributed by atoms with Gasteiger partial charge in [-0.25, -0.2) is 9.50 Å². The van der Waals surface area contributed by atoms with E-state index in [9.17, 15) is 0 Å². The Morgan fingerprint density at radius 3 is 2.78 bits per heavy atom. The molecule has 0 saturated carbocycles. The van der Waals surface area contributed by atoms with E-state index in [0.717, 1.165) is 27.1 Å². The van der Waals surface area contributed by atoms with Crippen molar-refractivity contribution in [3.8, 4) is 11.4 Å². The van der Waals surface area contributed by atoms with Crippen molar-refractivity contribution in [3.05, 3.63) is 52.1 Å². The summed E-state index contributed by atoms with van der Waals surface area (Å²) in [6.07, 6.45) is 1.93. The van der Waals surface area contributed by atoms with Gasteiger partial charge in [0.05, 0.1) is 0 Å². The second-order valence-electron chi connectivity index (χ2n) is 4.41. The molecule has 0 N–H and O–H groups in total. The minimum absolute atomic E-state index is 0.764. The summed E-state index contributed by atoms with van der Waals surface area (Å²) >= 11 is 3.47. The van der Waals surface area contributed by atoms with E-state index in [0.29, 0.717) is 0 Å². The number of aromatic nitrogens is 3. The number of rotatable bonds is 1. The number of hydrogen-bond donors (Lipinski definition) is 0. The van der Waals surface area contributed by atoms with Crippen molar-refractivity contribution in [1.29, 1.82) is 0 Å². The van der Waals surface area contributed by atoms with Gasteiger partial charge in [-0.1, -0.05) is 23.8 Å². The first-order valence-corrected chi connectivity index (χ1v) is 6.52. The maximum atomic E-state index is 4.60. The molecule has 0 spiro atoms. The van der Waals surface area contributed by atoms with Gasteiger partial charge in [0.25, 0.3) is 0 Å². The van der Waals surface area contributed by atoms with Gasteiger partial charge in [0, 0.05) is 16.2 Å². The van der Waals surface area contributed by atoms with Gasteiger partial charge in [-0.3, -0.25) is 0 Å². The van der Waals surface area contributed by atoms with Crippen LogP contribution >= 0.6 is 15.9 Å². The first-order chi connectivity index (χ1) is 8.63. The van der Waals surface area contributed by atoms with Crippen molar-refractivity contribution < 1.29 is 0 Å². The van der Waals surface area contributed by atoms with Crippen molar-refractivity contribution in [3.63, 3.8) is 0 Å². The Balaban J connectivity index is 2.22. The Kier molecular flexibility index (Phi) is 2.67. The zero-order valence-electron chi connectivity index (χ0n) is 10.2. The van der Waals surface area contributed by atoms with Crippen LogP contribution < -0.4 is 0 Å². The van der Waals surface area contributed by atoms with Crippen LogP contribution in [0.3, 0.4) is 0 Å². The molecule has 2 heterocycles. The van der Waals surface area contributed by atoms with Crippen LogP contribution in [-0.4, -0.2) is 14.6 Å². The molecule has 0 fully saturated rings. The van der Waals surface area contributed by atoms with E-state index in [2.05, 4.69) is 45.1 Å². The average Bonchev–Trinajstić information content (AvgIpc) is 2.73. The third-order valence-corrected chi connectivity index (χ3v) is 3.29. The van der Waals surface area contributed by atoms with Crippen LogP contribution in [0.4, 0.5) is 0 Å². The third-order valence-electron chi connectivity index (χ3n) is 2.86. The highest BCUT2D eigenvalue weighted by Crippen LogP contribution is 2.21. The van der Waals surface area contributed by atoms with Gasteiger partial charge >= 0.3 is 0 Å². The fraction of sp³-hybridized carbons (Fsp3) is 0.143. The maximum absolute atomic E-state index is 4.60. The van der Waals surface area contributed by atoms with Crippen molar-refractivity contribution in [2.75, 3.05) is 0 Å². The van der Waals surface area contributed by atoms with E-state index in [1.807, 2.05) is 35.8 Å². The van der Waals surface area contributed by atoms with E-state index in [1.165, 1.54) is 5.56 Å². The highest BCUT2D eigenvalue weighted by molar-refractivity contribution is 9.10. The van der Waals surface area contributed by atoms with Crippen molar-refractivity contribution in [2.24, 2.45) is 0 Å². The summed E-state index contributed by atoms with van der Waals surface area (Å²) in [4.78, 5) is 4.60. The standard InChI is InChI=1S/C14H12BrN3/c1-9-4-3-5-11(6-9)13-16-14-10(2)7-12(15)8-18(14)17-13/h3-8H,1-2H3. The fourth-order valence-corrected chi connectivity index (χ4v) is 2.55. The van der Waals surface area contributed by atoms with Crippen LogP contribution in [0.5, 0.6) is 0 Å². The van der Waals surface area contributed by atoms with Crippen molar-refractivity contribution in [1.82, 2.24) is 14.6 Å². The van der Waals surface area contributed by atoms with E-state index in [4.69, 9.17) is 0 Å². The summed E-state index contributed by atoms with van der Waals surface area (Å²) in [6, 6.07) is 10.3. The van der Waals surface area contributed by atoms with Gasteiger partial charge in [-0.05, 0) is 47.5 Å². The average molecular weight is 302 g/mol. The van der Waals surface area contributed by atoms with Crippen LogP contribution in [0.15, 0.2) is 41.0 Å². The van der Waals surface area contributed by atoms with Crippen LogP contribution in [-0.2, 0) is 0 Å². The predicted molar refractivity (Wildman–Crippen MR) is 75.6 cm³/mol. The molecule has 1 aromatic carbocycles. The molecular formula is C14H12BrN3. The molecule has 3 aromatic rings. The molecule has 3 rings (SSSR count). The summed E-state index contributed by atoms with van der Waals surface area (Å²) in [6.45, 7) is 4.11. The Morgan fingerprint density at radius 2 is 2.00 bits per heavy atom. The highest BCUT2D eigenvalue weighted by Gasteiger charge is 2.08. The monoisotopic (exact) mass is 301 g/mol. The molecule has 0 aliphatic carbocycles. The fourth-order valence-electron chi connectivity index (χ4n) is 2.01. The Hall–Kier alpha value is -1.68. The largest absolute Gasteiger partial charge is 0.219 e. The number of nitrogens with zero attached hydrogens (tertiary/aromatic N) is 3. The normalized spacial score (nSPS) is 11.1. The van der Waals surface area contributed by atoms with Crippen LogP contribution in [0.25, 0.3) is 17.0 Å². The molecule has 90 valence electrons. The number of fused-ring (bicyclic) bond motifs is 1. The first-order valence-electron chi connectivity index (χ1n) is 5.73. The van der Waals surface area contributed by atoms with Crippen molar-refractivity contribution in [2.45, 2.75) is 13.8 Å². The lowest BCUT2D eigenvalue weighted by molar-refractivity contribution is 0.955. The summed E-state index contributed by atoms with van der Waals surface area (Å²) < 4.78 is 2.82. The lowest BCUT2D eigenvalue weighted by Crippen LogP contribution is -1.89. The minimum atomic E-state index is 0.764. The lowest BCUT2D eigenvalue weighted by atomic mass is 10.1. The van der Waals surface area contributed by atoms with Crippen LogP contribution in [0.1, 0.15) is 11.1 Å². The summed E-state index contributed by atoms with van der Waals surface area (Å²) in [5.74, 6) is 0.764. The lowest BCUT2D eigenvalue weighted by Gasteiger charge is -1.96. The molecule has 4 heteroatoms. The Labute approximate surface area is 114 Å². The quantitative estimate of drug-likeness (QED) is 0.685. The molecule has 0 radical (unpaired) electrons. The second-order valence-corrected chi connectivity index (χ2v) is 5.33. The number of pyridine rings is 1. The van der Waals surface area contributed by atoms with E-state index in [-0.39, 0.29) is 0 Å². The van der Waals surface area contributed by atoms with E-state index < -0.39 is 0 Å². The van der Waals surface area contributed by atoms with Crippen LogP contribution in [0.2, 0.25) is 0 Å². The van der Waals surface area contributed by atoms with Gasteiger partial charge in [-0.15, -0.1) is 5.10 Å². The summed E-state index contributed by atoms with van der Waals surface area (Å²) in [5.41, 5.74) is 4.27. The molecule has 0 unspecified atom stereocenters. The molecule has 0 aliphatic heterocycles.